The van der Waals surface area contributed by atoms with E-state index in [4.69, 9.17) is 5.11 Å². The van der Waals surface area contributed by atoms with Gasteiger partial charge in [0.05, 0.1) is 5.56 Å². The van der Waals surface area contributed by atoms with Gasteiger partial charge >= 0.3 is 5.97 Å². The Morgan fingerprint density at radius 3 is 2.65 bits per heavy atom. The van der Waals surface area contributed by atoms with Crippen molar-refractivity contribution in [2.45, 2.75) is 43.1 Å². The van der Waals surface area contributed by atoms with Crippen molar-refractivity contribution in [3.63, 3.8) is 0 Å². The van der Waals surface area contributed by atoms with Crippen molar-refractivity contribution in [1.29, 1.82) is 0 Å². The van der Waals surface area contributed by atoms with E-state index in [0.29, 0.717) is 5.56 Å². The first-order valence-corrected chi connectivity index (χ1v) is 7.25. The molecule has 0 radical (unpaired) electrons. The summed E-state index contributed by atoms with van der Waals surface area (Å²) in [5, 5.41) is 9.82. The average Bonchev–Trinajstić information content (AvgIpc) is 2.38. The second-order valence-electron chi connectivity index (χ2n) is 4.53. The van der Waals surface area contributed by atoms with Crippen LogP contribution in [0.3, 0.4) is 0 Å². The molecule has 0 heterocycles. The summed E-state index contributed by atoms with van der Waals surface area (Å²) in [6.45, 7) is 0. The van der Waals surface area contributed by atoms with Crippen LogP contribution in [0.4, 0.5) is 0 Å². The van der Waals surface area contributed by atoms with Crippen molar-refractivity contribution in [1.82, 2.24) is 0 Å². The van der Waals surface area contributed by atoms with Crippen LogP contribution in [0.5, 0.6) is 0 Å². The third kappa shape index (κ3) is 3.50. The summed E-state index contributed by atoms with van der Waals surface area (Å²) in [6.07, 6.45) is 6.61. The predicted octanol–water partition coefficient (Wildman–Crippen LogP) is 3.95. The van der Waals surface area contributed by atoms with Gasteiger partial charge in [0.2, 0.25) is 0 Å². The lowest BCUT2D eigenvalue weighted by molar-refractivity contribution is 0.0696. The lowest BCUT2D eigenvalue weighted by atomic mass is 10.0. The maximum atomic E-state index is 11.1. The van der Waals surface area contributed by atoms with E-state index in [1.807, 2.05) is 23.9 Å². The fourth-order valence-electron chi connectivity index (χ4n) is 2.29. The topological polar surface area (TPSA) is 37.3 Å². The largest absolute Gasteiger partial charge is 0.478 e. The van der Waals surface area contributed by atoms with Gasteiger partial charge in [-0.2, -0.15) is 11.8 Å². The summed E-state index contributed by atoms with van der Waals surface area (Å²) in [5.41, 5.74) is 1.41. The number of carboxylic acid groups (broad SMARTS) is 1. The second-order valence-corrected chi connectivity index (χ2v) is 5.82. The van der Waals surface area contributed by atoms with Gasteiger partial charge in [-0.3, -0.25) is 0 Å². The number of carbonyl (C=O) groups is 1. The van der Waals surface area contributed by atoms with Crippen molar-refractivity contribution in [2.75, 3.05) is 0 Å². The van der Waals surface area contributed by atoms with E-state index in [1.54, 1.807) is 12.1 Å². The molecule has 17 heavy (non-hydrogen) atoms. The molecule has 0 saturated heterocycles. The Labute approximate surface area is 106 Å². The van der Waals surface area contributed by atoms with Crippen LogP contribution >= 0.6 is 11.8 Å². The maximum Gasteiger partial charge on any atom is 0.335 e. The third-order valence-electron chi connectivity index (χ3n) is 3.27. The summed E-state index contributed by atoms with van der Waals surface area (Å²) < 4.78 is 0. The molecular formula is C14H18O2S. The average molecular weight is 250 g/mol. The van der Waals surface area contributed by atoms with E-state index >= 15 is 0 Å². The van der Waals surface area contributed by atoms with Crippen LogP contribution in [-0.4, -0.2) is 16.3 Å². The number of benzene rings is 1. The minimum Gasteiger partial charge on any atom is -0.478 e. The summed E-state index contributed by atoms with van der Waals surface area (Å²) in [7, 11) is 0. The van der Waals surface area contributed by atoms with Crippen LogP contribution in [0.1, 0.15) is 48.0 Å². The minimum atomic E-state index is -0.815. The number of rotatable bonds is 4. The van der Waals surface area contributed by atoms with E-state index in [2.05, 4.69) is 0 Å². The number of hydrogen-bond acceptors (Lipinski definition) is 2. The maximum absolute atomic E-state index is 11.1. The molecule has 3 heteroatoms. The van der Waals surface area contributed by atoms with Crippen LogP contribution in [0.2, 0.25) is 0 Å². The first kappa shape index (κ1) is 12.5. The van der Waals surface area contributed by atoms with Crippen LogP contribution in [-0.2, 0) is 5.75 Å². The fraction of sp³-hybridized carbons (Fsp3) is 0.500. The first-order chi connectivity index (χ1) is 8.27. The Morgan fingerprint density at radius 2 is 1.94 bits per heavy atom. The monoisotopic (exact) mass is 250 g/mol. The molecule has 1 aliphatic rings. The fourth-order valence-corrected chi connectivity index (χ4v) is 3.63. The highest BCUT2D eigenvalue weighted by molar-refractivity contribution is 7.99. The molecule has 0 unspecified atom stereocenters. The summed E-state index contributed by atoms with van der Waals surface area (Å²) in [6, 6.07) is 7.33. The molecule has 1 aliphatic carbocycles. The molecule has 1 saturated carbocycles. The smallest absolute Gasteiger partial charge is 0.335 e. The summed E-state index contributed by atoms with van der Waals surface area (Å²) in [4.78, 5) is 11.1. The van der Waals surface area contributed by atoms with Crippen LogP contribution < -0.4 is 0 Å². The zero-order chi connectivity index (χ0) is 12.1. The lowest BCUT2D eigenvalue weighted by Crippen LogP contribution is -2.09. The van der Waals surface area contributed by atoms with Gasteiger partial charge in [-0.25, -0.2) is 4.79 Å². The van der Waals surface area contributed by atoms with E-state index in [0.717, 1.165) is 16.6 Å². The molecule has 0 aliphatic heterocycles. The van der Waals surface area contributed by atoms with Gasteiger partial charge in [0.15, 0.2) is 0 Å². The standard InChI is InChI=1S/C14H18O2S/c15-14(16)13-9-5-4-6-11(13)10-17-12-7-2-1-3-8-12/h4-6,9,12H,1-3,7-8,10H2,(H,15,16). The van der Waals surface area contributed by atoms with E-state index < -0.39 is 5.97 Å². The molecule has 0 spiro atoms. The van der Waals surface area contributed by atoms with Gasteiger partial charge in [0, 0.05) is 11.0 Å². The Bertz CT molecular complexity index is 384. The van der Waals surface area contributed by atoms with E-state index in [-0.39, 0.29) is 0 Å². The zero-order valence-corrected chi connectivity index (χ0v) is 10.7. The number of aromatic carboxylic acids is 1. The molecule has 0 atom stereocenters. The molecule has 0 bridgehead atoms. The molecular weight excluding hydrogens is 232 g/mol. The van der Waals surface area contributed by atoms with Gasteiger partial charge in [-0.05, 0) is 24.5 Å². The Morgan fingerprint density at radius 1 is 1.24 bits per heavy atom. The second kappa shape index (κ2) is 6.10. The highest BCUT2D eigenvalue weighted by Gasteiger charge is 2.15. The number of carboxylic acids is 1. The van der Waals surface area contributed by atoms with Gasteiger partial charge in [-0.15, -0.1) is 0 Å². The minimum absolute atomic E-state index is 0.454. The van der Waals surface area contributed by atoms with Crippen LogP contribution in [0, 0.1) is 0 Å². The lowest BCUT2D eigenvalue weighted by Gasteiger charge is -2.21. The third-order valence-corrected chi connectivity index (χ3v) is 4.69. The van der Waals surface area contributed by atoms with Crippen molar-refractivity contribution < 1.29 is 9.90 Å². The van der Waals surface area contributed by atoms with Gasteiger partial charge in [0.25, 0.3) is 0 Å². The molecule has 1 N–H and O–H groups in total. The summed E-state index contributed by atoms with van der Waals surface area (Å²) >= 11 is 1.92. The van der Waals surface area contributed by atoms with Crippen LogP contribution in [0.15, 0.2) is 24.3 Å². The predicted molar refractivity (Wildman–Crippen MR) is 71.6 cm³/mol. The van der Waals surface area contributed by atoms with Crippen molar-refractivity contribution in [2.24, 2.45) is 0 Å². The van der Waals surface area contributed by atoms with Crippen molar-refractivity contribution >= 4 is 17.7 Å². The molecule has 2 rings (SSSR count). The SMILES string of the molecule is O=C(O)c1ccccc1CSC1CCCCC1. The Hall–Kier alpha value is -0.960. The van der Waals surface area contributed by atoms with Crippen molar-refractivity contribution in [3.05, 3.63) is 35.4 Å². The molecule has 1 fully saturated rings. The molecule has 1 aromatic rings. The summed E-state index contributed by atoms with van der Waals surface area (Å²) in [5.74, 6) is 0.0116. The van der Waals surface area contributed by atoms with Crippen LogP contribution in [0.25, 0.3) is 0 Å². The first-order valence-electron chi connectivity index (χ1n) is 6.20. The number of hydrogen-bond donors (Lipinski definition) is 1. The molecule has 1 aromatic carbocycles. The Balaban J connectivity index is 1.96. The Kier molecular flexibility index (Phi) is 4.49. The number of thioether (sulfide) groups is 1. The highest BCUT2D eigenvalue weighted by Crippen LogP contribution is 2.31. The van der Waals surface area contributed by atoms with Gasteiger partial charge < -0.3 is 5.11 Å². The zero-order valence-electron chi connectivity index (χ0n) is 9.89. The van der Waals surface area contributed by atoms with Gasteiger partial charge in [0.1, 0.15) is 0 Å². The molecule has 92 valence electrons. The molecule has 0 amide bonds. The van der Waals surface area contributed by atoms with Crippen molar-refractivity contribution in [3.8, 4) is 0 Å². The van der Waals surface area contributed by atoms with Gasteiger partial charge in [-0.1, -0.05) is 37.5 Å². The highest BCUT2D eigenvalue weighted by atomic mass is 32.2. The normalized spacial score (nSPS) is 16.9. The van der Waals surface area contributed by atoms with E-state index in [1.165, 1.54) is 32.1 Å². The van der Waals surface area contributed by atoms with E-state index in [9.17, 15) is 4.79 Å². The molecule has 2 nitrogen and oxygen atoms in total. The molecule has 0 aromatic heterocycles. The quantitative estimate of drug-likeness (QED) is 0.879.